The first kappa shape index (κ1) is 26.6. The van der Waals surface area contributed by atoms with Gasteiger partial charge in [-0.15, -0.1) is 24.0 Å². The van der Waals surface area contributed by atoms with Crippen molar-refractivity contribution in [1.82, 2.24) is 15.5 Å². The van der Waals surface area contributed by atoms with Crippen LogP contribution in [0.5, 0.6) is 17.2 Å². The van der Waals surface area contributed by atoms with Crippen LogP contribution in [0.1, 0.15) is 29.5 Å². The van der Waals surface area contributed by atoms with Gasteiger partial charge in [0.25, 0.3) is 0 Å². The van der Waals surface area contributed by atoms with Crippen LogP contribution >= 0.6 is 24.0 Å². The predicted octanol–water partition coefficient (Wildman–Crippen LogP) is 3.32. The van der Waals surface area contributed by atoms with Crippen molar-refractivity contribution in [3.8, 4) is 17.2 Å². The number of carbonyl (C=O) groups excluding carboxylic acids is 1. The van der Waals surface area contributed by atoms with Crippen molar-refractivity contribution in [2.45, 2.75) is 32.5 Å². The van der Waals surface area contributed by atoms with Gasteiger partial charge in [0.15, 0.2) is 17.5 Å². The molecule has 180 valence electrons. The maximum absolute atomic E-state index is 12.0. The third-order valence-electron chi connectivity index (χ3n) is 5.51. The van der Waals surface area contributed by atoms with Crippen LogP contribution in [0, 0.1) is 0 Å². The monoisotopic (exact) mass is 568 g/mol. The van der Waals surface area contributed by atoms with Gasteiger partial charge in [-0.2, -0.15) is 0 Å². The van der Waals surface area contributed by atoms with Gasteiger partial charge in [0.05, 0.1) is 21.3 Å². The molecule has 8 nitrogen and oxygen atoms in total. The van der Waals surface area contributed by atoms with Crippen molar-refractivity contribution in [1.29, 1.82) is 0 Å². The van der Waals surface area contributed by atoms with Gasteiger partial charge in [0.2, 0.25) is 11.7 Å². The Morgan fingerprint density at radius 2 is 1.64 bits per heavy atom. The first-order chi connectivity index (χ1) is 15.6. The van der Waals surface area contributed by atoms with Crippen molar-refractivity contribution in [3.63, 3.8) is 0 Å². The zero-order valence-electron chi connectivity index (χ0n) is 19.6. The van der Waals surface area contributed by atoms with Crippen molar-refractivity contribution < 1.29 is 19.0 Å². The lowest BCUT2D eigenvalue weighted by Gasteiger charge is -2.19. The highest BCUT2D eigenvalue weighted by Gasteiger charge is 2.21. The number of guanidine groups is 1. The fourth-order valence-electron chi connectivity index (χ4n) is 3.78. The third-order valence-corrected chi connectivity index (χ3v) is 5.51. The SMILES string of the molecule is CN=C(NCc1cc(OC)c(OC)c(OC)c1)NCc1ccccc1CN1CCCC1=O.I. The number of hydrogen-bond acceptors (Lipinski definition) is 5. The summed E-state index contributed by atoms with van der Waals surface area (Å²) in [6.07, 6.45) is 1.59. The first-order valence-corrected chi connectivity index (χ1v) is 10.7. The molecule has 1 amide bonds. The molecule has 3 rings (SSSR count). The van der Waals surface area contributed by atoms with E-state index in [0.29, 0.717) is 49.3 Å². The number of amides is 1. The summed E-state index contributed by atoms with van der Waals surface area (Å²) in [7, 11) is 6.52. The molecule has 0 spiro atoms. The summed E-state index contributed by atoms with van der Waals surface area (Å²) >= 11 is 0. The van der Waals surface area contributed by atoms with Crippen LogP contribution in [0.15, 0.2) is 41.4 Å². The Hall–Kier alpha value is -2.69. The lowest BCUT2D eigenvalue weighted by Crippen LogP contribution is -2.36. The Morgan fingerprint density at radius 3 is 2.18 bits per heavy atom. The smallest absolute Gasteiger partial charge is 0.222 e. The average Bonchev–Trinajstić information content (AvgIpc) is 3.23. The molecule has 2 N–H and O–H groups in total. The van der Waals surface area contributed by atoms with E-state index < -0.39 is 0 Å². The minimum Gasteiger partial charge on any atom is -0.493 e. The molecule has 1 saturated heterocycles. The molecule has 2 aromatic carbocycles. The van der Waals surface area contributed by atoms with Gasteiger partial charge in [-0.25, -0.2) is 0 Å². The van der Waals surface area contributed by atoms with E-state index in [-0.39, 0.29) is 29.9 Å². The molecule has 0 atom stereocenters. The summed E-state index contributed by atoms with van der Waals surface area (Å²) in [5, 5.41) is 6.68. The van der Waals surface area contributed by atoms with Crippen molar-refractivity contribution >= 4 is 35.8 Å². The van der Waals surface area contributed by atoms with Gasteiger partial charge in [0, 0.05) is 39.6 Å². The summed E-state index contributed by atoms with van der Waals surface area (Å²) in [4.78, 5) is 18.3. The van der Waals surface area contributed by atoms with Gasteiger partial charge in [-0.1, -0.05) is 24.3 Å². The van der Waals surface area contributed by atoms with Gasteiger partial charge < -0.3 is 29.7 Å². The first-order valence-electron chi connectivity index (χ1n) is 10.7. The highest BCUT2D eigenvalue weighted by atomic mass is 127. The quantitative estimate of drug-likeness (QED) is 0.275. The standard InChI is InChI=1S/C24H32N4O4.HI/c1-25-24(26-14-17-12-20(30-2)23(32-4)21(13-17)31-3)27-15-18-8-5-6-9-19(18)16-28-11-7-10-22(28)29;/h5-6,8-9,12-13H,7,10-11,14-16H2,1-4H3,(H2,25,26,27);1H. The number of halogens is 1. The molecule has 1 aliphatic rings. The summed E-state index contributed by atoms with van der Waals surface area (Å²) in [6.45, 7) is 2.61. The van der Waals surface area contributed by atoms with Gasteiger partial charge in [0.1, 0.15) is 0 Å². The largest absolute Gasteiger partial charge is 0.493 e. The second kappa shape index (κ2) is 13.1. The number of benzene rings is 2. The van der Waals surface area contributed by atoms with Crippen molar-refractivity contribution in [3.05, 3.63) is 53.1 Å². The molecule has 1 aliphatic heterocycles. The highest BCUT2D eigenvalue weighted by molar-refractivity contribution is 14.0. The fraction of sp³-hybridized carbons (Fsp3) is 0.417. The number of methoxy groups -OCH3 is 3. The molecule has 0 unspecified atom stereocenters. The summed E-state index contributed by atoms with van der Waals surface area (Å²) < 4.78 is 16.2. The number of rotatable bonds is 9. The number of hydrogen-bond donors (Lipinski definition) is 2. The van der Waals surface area contributed by atoms with E-state index in [4.69, 9.17) is 14.2 Å². The maximum Gasteiger partial charge on any atom is 0.222 e. The normalized spacial score (nSPS) is 13.4. The van der Waals surface area contributed by atoms with Crippen LogP contribution < -0.4 is 24.8 Å². The van der Waals surface area contributed by atoms with Gasteiger partial charge in [-0.3, -0.25) is 9.79 Å². The number of carbonyl (C=O) groups is 1. The molecule has 0 aliphatic carbocycles. The number of likely N-dealkylation sites (tertiary alicyclic amines) is 1. The molecule has 0 bridgehead atoms. The van der Waals surface area contributed by atoms with Crippen molar-refractivity contribution in [2.24, 2.45) is 4.99 Å². The number of nitrogens with zero attached hydrogens (tertiary/aromatic N) is 2. The van der Waals surface area contributed by atoms with Crippen LogP contribution in [0.3, 0.4) is 0 Å². The van der Waals surface area contributed by atoms with Crippen LogP contribution in [-0.4, -0.2) is 51.7 Å². The Kier molecular flexibility index (Phi) is 10.6. The lowest BCUT2D eigenvalue weighted by molar-refractivity contribution is -0.128. The molecule has 2 aromatic rings. The van der Waals surface area contributed by atoms with Crippen LogP contribution in [0.2, 0.25) is 0 Å². The molecule has 33 heavy (non-hydrogen) atoms. The Bertz CT molecular complexity index is 942. The zero-order valence-corrected chi connectivity index (χ0v) is 22.0. The van der Waals surface area contributed by atoms with E-state index in [1.165, 1.54) is 0 Å². The zero-order chi connectivity index (χ0) is 22.9. The molecular formula is C24H33IN4O4. The second-order valence-electron chi connectivity index (χ2n) is 7.50. The van der Waals surface area contributed by atoms with Crippen LogP contribution in [0.25, 0.3) is 0 Å². The van der Waals surface area contributed by atoms with E-state index in [1.807, 2.05) is 29.2 Å². The average molecular weight is 568 g/mol. The molecule has 1 fully saturated rings. The van der Waals surface area contributed by atoms with Crippen molar-refractivity contribution in [2.75, 3.05) is 34.9 Å². The lowest BCUT2D eigenvalue weighted by atomic mass is 10.1. The third kappa shape index (κ3) is 6.89. The Balaban J connectivity index is 0.00000385. The van der Waals surface area contributed by atoms with E-state index in [9.17, 15) is 4.79 Å². The summed E-state index contributed by atoms with van der Waals surface area (Å²) in [5.74, 6) is 2.68. The van der Waals surface area contributed by atoms with E-state index in [2.05, 4.69) is 27.8 Å². The number of nitrogens with one attached hydrogen (secondary N) is 2. The topological polar surface area (TPSA) is 84.4 Å². The van der Waals surface area contributed by atoms with E-state index in [1.54, 1.807) is 28.4 Å². The molecule has 9 heteroatoms. The summed E-state index contributed by atoms with van der Waals surface area (Å²) in [5.41, 5.74) is 3.26. The van der Waals surface area contributed by atoms with E-state index in [0.717, 1.165) is 29.7 Å². The van der Waals surface area contributed by atoms with Gasteiger partial charge in [-0.05, 0) is 35.2 Å². The minimum atomic E-state index is 0. The van der Waals surface area contributed by atoms with E-state index >= 15 is 0 Å². The summed E-state index contributed by atoms with van der Waals surface area (Å²) in [6, 6.07) is 12.0. The van der Waals surface area contributed by atoms with Gasteiger partial charge >= 0.3 is 0 Å². The maximum atomic E-state index is 12.0. The fourth-order valence-corrected chi connectivity index (χ4v) is 3.78. The molecule has 1 heterocycles. The van der Waals surface area contributed by atoms with Crippen LogP contribution in [-0.2, 0) is 24.4 Å². The number of ether oxygens (including phenoxy) is 3. The molecular weight excluding hydrogens is 535 g/mol. The predicted molar refractivity (Wildman–Crippen MR) is 140 cm³/mol. The molecule has 0 saturated carbocycles. The highest BCUT2D eigenvalue weighted by Crippen LogP contribution is 2.38. The second-order valence-corrected chi connectivity index (χ2v) is 7.50. The molecule has 0 radical (unpaired) electrons. The Morgan fingerprint density at radius 1 is 1.00 bits per heavy atom. The Labute approximate surface area is 212 Å². The minimum absolute atomic E-state index is 0. The number of aliphatic imine (C=N–C) groups is 1. The van der Waals surface area contributed by atoms with Crippen LogP contribution in [0.4, 0.5) is 0 Å². The molecule has 0 aromatic heterocycles.